The Morgan fingerprint density at radius 3 is 2.86 bits per heavy atom. The summed E-state index contributed by atoms with van der Waals surface area (Å²) in [4.78, 5) is 2.34. The smallest absolute Gasteiger partial charge is 0.241 e. The van der Waals surface area contributed by atoms with Crippen molar-refractivity contribution in [3.8, 4) is 0 Å². The fraction of sp³-hybridized carbons (Fsp3) is 0.714. The van der Waals surface area contributed by atoms with Gasteiger partial charge in [0.15, 0.2) is 0 Å². The molecule has 0 radical (unpaired) electrons. The largest absolute Gasteiger partial charge is 0.377 e. The van der Waals surface area contributed by atoms with Gasteiger partial charge in [0.1, 0.15) is 0 Å². The van der Waals surface area contributed by atoms with Crippen LogP contribution in [0.3, 0.4) is 0 Å². The molecular weight excluding hydrogens is 308 g/mol. The Morgan fingerprint density at radius 2 is 2.19 bits per heavy atom. The average Bonchev–Trinajstić information content (AvgIpc) is 2.97. The standard InChI is InChI=1S/C14H22N2O3S2/c1-10-14(7-13(20-10)9-15-11-4-5-11)21(17,18)16-8-12-3-2-6-19-12/h7,11-12,15-16H,2-6,8-9H2,1H3. The topological polar surface area (TPSA) is 67.4 Å². The minimum atomic E-state index is -3.43. The summed E-state index contributed by atoms with van der Waals surface area (Å²) in [5.74, 6) is 0. The van der Waals surface area contributed by atoms with Crippen LogP contribution in [0.1, 0.15) is 35.4 Å². The first-order valence-electron chi connectivity index (χ1n) is 7.48. The number of nitrogens with one attached hydrogen (secondary N) is 2. The molecule has 3 rings (SSSR count). The van der Waals surface area contributed by atoms with E-state index in [9.17, 15) is 8.42 Å². The molecule has 7 heteroatoms. The van der Waals surface area contributed by atoms with E-state index in [4.69, 9.17) is 4.74 Å². The molecule has 1 aliphatic heterocycles. The van der Waals surface area contributed by atoms with E-state index in [1.807, 2.05) is 6.92 Å². The molecule has 2 fully saturated rings. The van der Waals surface area contributed by atoms with Crippen LogP contribution in [0, 0.1) is 6.92 Å². The van der Waals surface area contributed by atoms with Crippen LogP contribution in [-0.4, -0.2) is 33.7 Å². The third-order valence-corrected chi connectivity index (χ3v) is 6.61. The Hall–Kier alpha value is -0.470. The SMILES string of the molecule is Cc1sc(CNC2CC2)cc1S(=O)(=O)NCC1CCCO1. The lowest BCUT2D eigenvalue weighted by molar-refractivity contribution is 0.114. The Balaban J connectivity index is 1.62. The van der Waals surface area contributed by atoms with Gasteiger partial charge in [-0.1, -0.05) is 0 Å². The van der Waals surface area contributed by atoms with E-state index in [-0.39, 0.29) is 6.10 Å². The molecule has 21 heavy (non-hydrogen) atoms. The zero-order chi connectivity index (χ0) is 14.9. The summed E-state index contributed by atoms with van der Waals surface area (Å²) in [7, 11) is -3.43. The van der Waals surface area contributed by atoms with Crippen molar-refractivity contribution in [3.63, 3.8) is 0 Å². The summed E-state index contributed by atoms with van der Waals surface area (Å²) in [6.45, 7) is 3.73. The summed E-state index contributed by atoms with van der Waals surface area (Å²) in [5, 5.41) is 3.42. The van der Waals surface area contributed by atoms with E-state index in [0.717, 1.165) is 35.7 Å². The summed E-state index contributed by atoms with van der Waals surface area (Å²) < 4.78 is 32.9. The lowest BCUT2D eigenvalue weighted by Gasteiger charge is -2.11. The zero-order valence-electron chi connectivity index (χ0n) is 12.2. The second-order valence-corrected chi connectivity index (χ2v) is 8.85. The molecule has 2 N–H and O–H groups in total. The predicted octanol–water partition coefficient (Wildman–Crippen LogP) is 1.77. The van der Waals surface area contributed by atoms with Gasteiger partial charge in [-0.3, -0.25) is 0 Å². The molecule has 2 aliphatic rings. The number of hydrogen-bond donors (Lipinski definition) is 2. The third-order valence-electron chi connectivity index (χ3n) is 3.88. The molecule has 1 aromatic heterocycles. The maximum atomic E-state index is 12.4. The van der Waals surface area contributed by atoms with Crippen LogP contribution in [0.4, 0.5) is 0 Å². The molecule has 1 unspecified atom stereocenters. The summed E-state index contributed by atoms with van der Waals surface area (Å²) in [6, 6.07) is 2.43. The number of sulfonamides is 1. The molecule has 1 saturated heterocycles. The van der Waals surface area contributed by atoms with Crippen LogP contribution >= 0.6 is 11.3 Å². The Labute approximate surface area is 130 Å². The Morgan fingerprint density at radius 1 is 1.38 bits per heavy atom. The van der Waals surface area contributed by atoms with Crippen molar-refractivity contribution in [2.45, 2.75) is 56.2 Å². The van der Waals surface area contributed by atoms with Gasteiger partial charge in [0.05, 0.1) is 11.0 Å². The van der Waals surface area contributed by atoms with Crippen molar-refractivity contribution in [1.82, 2.24) is 10.0 Å². The quantitative estimate of drug-likeness (QED) is 0.799. The van der Waals surface area contributed by atoms with E-state index < -0.39 is 10.0 Å². The molecule has 0 aromatic carbocycles. The van der Waals surface area contributed by atoms with Crippen molar-refractivity contribution in [1.29, 1.82) is 0 Å². The van der Waals surface area contributed by atoms with Gasteiger partial charge in [0.2, 0.25) is 10.0 Å². The summed E-state index contributed by atoms with van der Waals surface area (Å²) in [6.07, 6.45) is 4.44. The molecule has 2 heterocycles. The van der Waals surface area contributed by atoms with Gasteiger partial charge in [0, 0.05) is 35.5 Å². The van der Waals surface area contributed by atoms with E-state index >= 15 is 0 Å². The maximum absolute atomic E-state index is 12.4. The Bertz CT molecular complexity index is 587. The maximum Gasteiger partial charge on any atom is 0.241 e. The normalized spacial score (nSPS) is 22.8. The van der Waals surface area contributed by atoms with Crippen molar-refractivity contribution in [2.75, 3.05) is 13.2 Å². The monoisotopic (exact) mass is 330 g/mol. The van der Waals surface area contributed by atoms with Gasteiger partial charge in [0.25, 0.3) is 0 Å². The molecule has 0 spiro atoms. The molecule has 0 bridgehead atoms. The van der Waals surface area contributed by atoms with E-state index in [1.54, 1.807) is 17.4 Å². The molecule has 0 amide bonds. The molecule has 1 aliphatic carbocycles. The zero-order valence-corrected chi connectivity index (χ0v) is 13.9. The number of hydrogen-bond acceptors (Lipinski definition) is 5. The van der Waals surface area contributed by atoms with Gasteiger partial charge in [-0.05, 0) is 38.7 Å². The minimum absolute atomic E-state index is 0.0229. The van der Waals surface area contributed by atoms with Crippen LogP contribution in [0.2, 0.25) is 0 Å². The van der Waals surface area contributed by atoms with E-state index in [0.29, 0.717) is 17.5 Å². The highest BCUT2D eigenvalue weighted by Gasteiger charge is 2.24. The fourth-order valence-electron chi connectivity index (χ4n) is 2.50. The van der Waals surface area contributed by atoms with Gasteiger partial charge in [-0.15, -0.1) is 11.3 Å². The van der Waals surface area contributed by atoms with Crippen molar-refractivity contribution < 1.29 is 13.2 Å². The fourth-order valence-corrected chi connectivity index (χ4v) is 5.15. The highest BCUT2D eigenvalue weighted by Crippen LogP contribution is 2.27. The number of ether oxygens (including phenoxy) is 1. The number of rotatable bonds is 7. The van der Waals surface area contributed by atoms with Gasteiger partial charge in [-0.25, -0.2) is 13.1 Å². The average molecular weight is 330 g/mol. The molecule has 1 saturated carbocycles. The van der Waals surface area contributed by atoms with E-state index in [1.165, 1.54) is 12.8 Å². The third kappa shape index (κ3) is 4.04. The minimum Gasteiger partial charge on any atom is -0.377 e. The molecular formula is C14H22N2O3S2. The first-order valence-corrected chi connectivity index (χ1v) is 9.78. The predicted molar refractivity (Wildman–Crippen MR) is 83.1 cm³/mol. The van der Waals surface area contributed by atoms with Crippen molar-refractivity contribution in [3.05, 3.63) is 15.8 Å². The van der Waals surface area contributed by atoms with Crippen molar-refractivity contribution >= 4 is 21.4 Å². The molecule has 1 aromatic rings. The Kier molecular flexibility index (Phi) is 4.66. The van der Waals surface area contributed by atoms with Gasteiger partial charge < -0.3 is 10.1 Å². The van der Waals surface area contributed by atoms with Crippen LogP contribution < -0.4 is 10.0 Å². The second kappa shape index (κ2) is 6.34. The summed E-state index contributed by atoms with van der Waals surface area (Å²) in [5.41, 5.74) is 0. The highest BCUT2D eigenvalue weighted by molar-refractivity contribution is 7.89. The summed E-state index contributed by atoms with van der Waals surface area (Å²) >= 11 is 1.56. The first kappa shape index (κ1) is 15.4. The lowest BCUT2D eigenvalue weighted by atomic mass is 10.2. The van der Waals surface area contributed by atoms with Crippen LogP contribution in [-0.2, 0) is 21.3 Å². The molecule has 118 valence electrons. The van der Waals surface area contributed by atoms with Crippen LogP contribution in [0.5, 0.6) is 0 Å². The second-order valence-electron chi connectivity index (χ2n) is 5.78. The van der Waals surface area contributed by atoms with Gasteiger partial charge >= 0.3 is 0 Å². The first-order chi connectivity index (χ1) is 10.0. The van der Waals surface area contributed by atoms with E-state index in [2.05, 4.69) is 10.0 Å². The highest BCUT2D eigenvalue weighted by atomic mass is 32.2. The van der Waals surface area contributed by atoms with Gasteiger partial charge in [-0.2, -0.15) is 0 Å². The number of thiophene rings is 1. The van der Waals surface area contributed by atoms with Crippen molar-refractivity contribution in [2.24, 2.45) is 0 Å². The number of aryl methyl sites for hydroxylation is 1. The lowest BCUT2D eigenvalue weighted by Crippen LogP contribution is -2.31. The van der Waals surface area contributed by atoms with Crippen LogP contribution in [0.25, 0.3) is 0 Å². The molecule has 1 atom stereocenters. The molecule has 5 nitrogen and oxygen atoms in total. The van der Waals surface area contributed by atoms with Crippen LogP contribution in [0.15, 0.2) is 11.0 Å².